The number of benzene rings is 2. The lowest BCUT2D eigenvalue weighted by molar-refractivity contribution is 0.482. The number of anilines is 1. The Morgan fingerprint density at radius 3 is 2.85 bits per heavy atom. The van der Waals surface area contributed by atoms with E-state index in [1.807, 2.05) is 66.2 Å². The first-order chi connectivity index (χ1) is 12.7. The fourth-order valence-electron chi connectivity index (χ4n) is 2.75. The molecule has 0 amide bonds. The molecule has 0 saturated carbocycles. The number of nitrogens with zero attached hydrogens (tertiary/aromatic N) is 3. The maximum Gasteiger partial charge on any atom is 0.146 e. The summed E-state index contributed by atoms with van der Waals surface area (Å²) in [6.45, 7) is 2.62. The van der Waals surface area contributed by atoms with Crippen molar-refractivity contribution in [3.05, 3.63) is 77.5 Å². The zero-order valence-corrected chi connectivity index (χ0v) is 14.9. The number of allylic oxidation sites excluding steroid dienone is 1. The number of ether oxygens (including phenoxy) is 1. The molecule has 0 atom stereocenters. The molecular weight excluding hydrogens is 348 g/mol. The molecule has 6 heteroatoms. The number of imidazole rings is 1. The van der Waals surface area contributed by atoms with Crippen LogP contribution in [-0.4, -0.2) is 22.3 Å². The average molecular weight is 365 g/mol. The predicted molar refractivity (Wildman–Crippen MR) is 105 cm³/mol. The van der Waals surface area contributed by atoms with Crippen LogP contribution in [0, 0.1) is 6.92 Å². The van der Waals surface area contributed by atoms with Crippen molar-refractivity contribution >= 4 is 23.5 Å². The molecule has 1 aliphatic rings. The van der Waals surface area contributed by atoms with Crippen LogP contribution in [0.15, 0.2) is 71.6 Å². The largest absolute Gasteiger partial charge is 0.456 e. The average Bonchev–Trinajstić information content (AvgIpc) is 3.29. The summed E-state index contributed by atoms with van der Waals surface area (Å²) in [6.07, 6.45) is 7.43. The molecule has 0 saturated heterocycles. The van der Waals surface area contributed by atoms with Gasteiger partial charge in [-0.1, -0.05) is 17.7 Å². The third-order valence-electron chi connectivity index (χ3n) is 4.03. The minimum absolute atomic E-state index is 0.540. The SMILES string of the molecule is Cc1nccn1-c1cccc(Oc2ccc(NC3=CC=NC3)cc2Cl)c1. The number of hydrogen-bond acceptors (Lipinski definition) is 4. The lowest BCUT2D eigenvalue weighted by atomic mass is 10.2. The summed E-state index contributed by atoms with van der Waals surface area (Å²) in [5.41, 5.74) is 2.93. The van der Waals surface area contributed by atoms with Gasteiger partial charge in [-0.05, 0) is 43.3 Å². The van der Waals surface area contributed by atoms with Gasteiger partial charge in [-0.15, -0.1) is 0 Å². The molecule has 0 spiro atoms. The first-order valence-electron chi connectivity index (χ1n) is 8.23. The highest BCUT2D eigenvalue weighted by Gasteiger charge is 2.08. The van der Waals surface area contributed by atoms with Crippen molar-refractivity contribution in [1.29, 1.82) is 0 Å². The van der Waals surface area contributed by atoms with Crippen molar-refractivity contribution < 1.29 is 4.74 Å². The van der Waals surface area contributed by atoms with E-state index in [2.05, 4.69) is 15.3 Å². The Balaban J connectivity index is 1.53. The summed E-state index contributed by atoms with van der Waals surface area (Å²) in [5.74, 6) is 2.24. The number of aliphatic imine (C=N–C) groups is 1. The van der Waals surface area contributed by atoms with Crippen molar-refractivity contribution in [3.63, 3.8) is 0 Å². The molecule has 3 aromatic rings. The van der Waals surface area contributed by atoms with Crippen molar-refractivity contribution in [2.24, 2.45) is 4.99 Å². The highest BCUT2D eigenvalue weighted by atomic mass is 35.5. The number of hydrogen-bond donors (Lipinski definition) is 1. The Hall–Kier alpha value is -3.05. The molecule has 2 heterocycles. The Labute approximate surface area is 156 Å². The van der Waals surface area contributed by atoms with Crippen LogP contribution >= 0.6 is 11.6 Å². The molecule has 1 N–H and O–H groups in total. The molecule has 4 rings (SSSR count). The summed E-state index contributed by atoms with van der Waals surface area (Å²) in [7, 11) is 0. The van der Waals surface area contributed by atoms with Crippen LogP contribution in [0.2, 0.25) is 5.02 Å². The molecule has 2 aromatic carbocycles. The van der Waals surface area contributed by atoms with Gasteiger partial charge in [-0.2, -0.15) is 0 Å². The molecule has 0 fully saturated rings. The molecule has 0 radical (unpaired) electrons. The van der Waals surface area contributed by atoms with Crippen LogP contribution in [0.4, 0.5) is 5.69 Å². The second-order valence-corrected chi connectivity index (χ2v) is 6.30. The van der Waals surface area contributed by atoms with E-state index < -0.39 is 0 Å². The Morgan fingerprint density at radius 1 is 1.19 bits per heavy atom. The normalized spacial score (nSPS) is 12.9. The van der Waals surface area contributed by atoms with Crippen LogP contribution in [-0.2, 0) is 0 Å². The standard InChI is InChI=1S/C20H17ClN4O/c1-14-23-9-10-25(14)17-3-2-4-18(12-17)26-20-6-5-15(11-19(20)21)24-16-7-8-22-13-16/h2-12,24H,13H2,1H3. The first-order valence-corrected chi connectivity index (χ1v) is 8.61. The molecule has 0 aliphatic carbocycles. The molecular formula is C20H17ClN4O. The molecule has 5 nitrogen and oxygen atoms in total. The fraction of sp³-hybridized carbons (Fsp3) is 0.100. The zero-order chi connectivity index (χ0) is 17.9. The Kier molecular flexibility index (Phi) is 4.46. The maximum atomic E-state index is 6.40. The lowest BCUT2D eigenvalue weighted by Crippen LogP contribution is -2.00. The van der Waals surface area contributed by atoms with Gasteiger partial charge in [-0.3, -0.25) is 4.99 Å². The quantitative estimate of drug-likeness (QED) is 0.692. The minimum Gasteiger partial charge on any atom is -0.456 e. The molecule has 0 unspecified atom stereocenters. The smallest absolute Gasteiger partial charge is 0.146 e. The minimum atomic E-state index is 0.540. The Bertz CT molecular complexity index is 1010. The van der Waals surface area contributed by atoms with Gasteiger partial charge in [0.25, 0.3) is 0 Å². The van der Waals surface area contributed by atoms with Crippen molar-refractivity contribution in [3.8, 4) is 17.2 Å². The highest BCUT2D eigenvalue weighted by molar-refractivity contribution is 6.32. The van der Waals surface area contributed by atoms with E-state index in [1.165, 1.54) is 0 Å². The number of nitrogens with one attached hydrogen (secondary N) is 1. The van der Waals surface area contributed by atoms with Crippen molar-refractivity contribution in [2.45, 2.75) is 6.92 Å². The molecule has 130 valence electrons. The molecule has 1 aliphatic heterocycles. The summed E-state index contributed by atoms with van der Waals surface area (Å²) < 4.78 is 7.98. The monoisotopic (exact) mass is 364 g/mol. The van der Waals surface area contributed by atoms with Crippen LogP contribution in [0.3, 0.4) is 0 Å². The predicted octanol–water partition coefficient (Wildman–Crippen LogP) is 5.01. The number of halogens is 1. The summed E-state index contributed by atoms with van der Waals surface area (Å²) in [4.78, 5) is 8.40. The lowest BCUT2D eigenvalue weighted by Gasteiger charge is -2.12. The third-order valence-corrected chi connectivity index (χ3v) is 4.32. The summed E-state index contributed by atoms with van der Waals surface area (Å²) >= 11 is 6.40. The van der Waals surface area contributed by atoms with Gasteiger partial charge < -0.3 is 14.6 Å². The molecule has 26 heavy (non-hydrogen) atoms. The van der Waals surface area contributed by atoms with Gasteiger partial charge in [0.05, 0.1) is 17.3 Å². The van der Waals surface area contributed by atoms with E-state index >= 15 is 0 Å². The van der Waals surface area contributed by atoms with Crippen molar-refractivity contribution in [2.75, 3.05) is 11.9 Å². The van der Waals surface area contributed by atoms with Gasteiger partial charge in [0, 0.05) is 36.1 Å². The van der Waals surface area contributed by atoms with Gasteiger partial charge in [-0.25, -0.2) is 4.98 Å². The van der Waals surface area contributed by atoms with Gasteiger partial charge in [0.1, 0.15) is 17.3 Å². The number of aromatic nitrogens is 2. The maximum absolute atomic E-state index is 6.40. The van der Waals surface area contributed by atoms with Gasteiger partial charge >= 0.3 is 0 Å². The third kappa shape index (κ3) is 3.48. The number of aryl methyl sites for hydroxylation is 1. The van der Waals surface area contributed by atoms with Gasteiger partial charge in [0.15, 0.2) is 0 Å². The highest BCUT2D eigenvalue weighted by Crippen LogP contribution is 2.32. The van der Waals surface area contributed by atoms with Gasteiger partial charge in [0.2, 0.25) is 0 Å². The Morgan fingerprint density at radius 2 is 2.12 bits per heavy atom. The van der Waals surface area contributed by atoms with E-state index in [1.54, 1.807) is 12.4 Å². The van der Waals surface area contributed by atoms with E-state index in [-0.39, 0.29) is 0 Å². The topological polar surface area (TPSA) is 51.4 Å². The second-order valence-electron chi connectivity index (χ2n) is 5.90. The zero-order valence-electron chi connectivity index (χ0n) is 14.2. The number of rotatable bonds is 5. The molecule has 0 bridgehead atoms. The van der Waals surface area contributed by atoms with Crippen LogP contribution < -0.4 is 10.1 Å². The summed E-state index contributed by atoms with van der Waals surface area (Å²) in [5, 5.41) is 3.83. The fourth-order valence-corrected chi connectivity index (χ4v) is 2.97. The van der Waals surface area contributed by atoms with Crippen LogP contribution in [0.5, 0.6) is 11.5 Å². The van der Waals surface area contributed by atoms with E-state index in [0.29, 0.717) is 23.1 Å². The summed E-state index contributed by atoms with van der Waals surface area (Å²) in [6, 6.07) is 13.4. The van der Waals surface area contributed by atoms with E-state index in [9.17, 15) is 0 Å². The van der Waals surface area contributed by atoms with E-state index in [0.717, 1.165) is 22.9 Å². The van der Waals surface area contributed by atoms with E-state index in [4.69, 9.17) is 16.3 Å². The van der Waals surface area contributed by atoms with Crippen LogP contribution in [0.1, 0.15) is 5.82 Å². The van der Waals surface area contributed by atoms with Crippen LogP contribution in [0.25, 0.3) is 5.69 Å². The van der Waals surface area contributed by atoms with Crippen molar-refractivity contribution in [1.82, 2.24) is 9.55 Å². The first kappa shape index (κ1) is 16.4. The molecule has 1 aromatic heterocycles. The second kappa shape index (κ2) is 7.06.